The van der Waals surface area contributed by atoms with Crippen molar-refractivity contribution in [3.8, 4) is 5.75 Å². The van der Waals surface area contributed by atoms with Gasteiger partial charge in [-0.05, 0) is 30.5 Å². The van der Waals surface area contributed by atoms with Crippen molar-refractivity contribution in [3.63, 3.8) is 0 Å². The van der Waals surface area contributed by atoms with Crippen LogP contribution in [0.4, 0.5) is 0 Å². The van der Waals surface area contributed by atoms with Gasteiger partial charge in [0.2, 0.25) is 11.8 Å². The van der Waals surface area contributed by atoms with E-state index in [-0.39, 0.29) is 23.7 Å². The number of fused-ring (bicyclic) bond motifs is 1. The zero-order valence-electron chi connectivity index (χ0n) is 11.4. The highest BCUT2D eigenvalue weighted by Gasteiger charge is 2.46. The summed E-state index contributed by atoms with van der Waals surface area (Å²) < 4.78 is 5.17. The molecule has 0 bridgehead atoms. The number of likely N-dealkylation sites (tertiary alicyclic amines) is 1. The van der Waals surface area contributed by atoms with E-state index in [1.54, 1.807) is 7.11 Å². The molecule has 0 spiro atoms. The molecule has 0 saturated carbocycles. The molecule has 2 atom stereocenters. The summed E-state index contributed by atoms with van der Waals surface area (Å²) in [6.07, 6.45) is 5.37. The number of benzene rings is 1. The highest BCUT2D eigenvalue weighted by Crippen LogP contribution is 2.35. The van der Waals surface area contributed by atoms with Gasteiger partial charge < -0.3 is 4.74 Å². The first-order chi connectivity index (χ1) is 9.70. The molecule has 2 amide bonds. The van der Waals surface area contributed by atoms with Crippen molar-refractivity contribution in [1.82, 2.24) is 4.90 Å². The minimum absolute atomic E-state index is 0.0350. The molecular weight excluding hydrogens is 254 g/mol. The van der Waals surface area contributed by atoms with Crippen molar-refractivity contribution in [2.24, 2.45) is 11.8 Å². The van der Waals surface area contributed by atoms with Crippen LogP contribution in [0.25, 0.3) is 0 Å². The zero-order valence-corrected chi connectivity index (χ0v) is 11.4. The van der Waals surface area contributed by atoms with Crippen LogP contribution in [0.2, 0.25) is 0 Å². The molecule has 0 N–H and O–H groups in total. The second kappa shape index (κ2) is 5.12. The van der Waals surface area contributed by atoms with Crippen LogP contribution in [0.15, 0.2) is 36.4 Å². The van der Waals surface area contributed by atoms with E-state index in [1.807, 2.05) is 36.4 Å². The van der Waals surface area contributed by atoms with Crippen molar-refractivity contribution < 1.29 is 14.3 Å². The smallest absolute Gasteiger partial charge is 0.233 e. The van der Waals surface area contributed by atoms with Crippen LogP contribution in [0.1, 0.15) is 18.4 Å². The Balaban J connectivity index is 1.80. The Labute approximate surface area is 118 Å². The third kappa shape index (κ3) is 2.11. The van der Waals surface area contributed by atoms with Gasteiger partial charge in [0.25, 0.3) is 0 Å². The van der Waals surface area contributed by atoms with Gasteiger partial charge in [-0.3, -0.25) is 14.5 Å². The summed E-state index contributed by atoms with van der Waals surface area (Å²) in [5, 5.41) is 0. The number of imide groups is 1. The Hall–Kier alpha value is -2.10. The number of hydrogen-bond donors (Lipinski definition) is 0. The molecule has 20 heavy (non-hydrogen) atoms. The predicted octanol–water partition coefficient (Wildman–Crippen LogP) is 2.15. The van der Waals surface area contributed by atoms with Gasteiger partial charge in [0.05, 0.1) is 25.5 Å². The minimum Gasteiger partial charge on any atom is -0.497 e. The highest BCUT2D eigenvalue weighted by molar-refractivity contribution is 6.05. The van der Waals surface area contributed by atoms with Crippen LogP contribution in [-0.4, -0.2) is 23.8 Å². The largest absolute Gasteiger partial charge is 0.497 e. The lowest BCUT2D eigenvalue weighted by molar-refractivity contribution is -0.140. The Kier molecular flexibility index (Phi) is 3.30. The van der Waals surface area contributed by atoms with Gasteiger partial charge in [-0.25, -0.2) is 0 Å². The van der Waals surface area contributed by atoms with Crippen LogP contribution in [0.5, 0.6) is 5.75 Å². The molecule has 4 nitrogen and oxygen atoms in total. The zero-order chi connectivity index (χ0) is 14.1. The molecule has 1 aromatic carbocycles. The first-order valence-corrected chi connectivity index (χ1v) is 6.84. The number of rotatable bonds is 3. The Morgan fingerprint density at radius 1 is 1.15 bits per heavy atom. The Morgan fingerprint density at radius 3 is 2.40 bits per heavy atom. The molecule has 1 saturated heterocycles. The number of amides is 2. The monoisotopic (exact) mass is 271 g/mol. The molecular formula is C16H17NO3. The van der Waals surface area contributed by atoms with Gasteiger partial charge in [-0.1, -0.05) is 24.3 Å². The van der Waals surface area contributed by atoms with Gasteiger partial charge >= 0.3 is 0 Å². The van der Waals surface area contributed by atoms with Crippen LogP contribution < -0.4 is 4.74 Å². The summed E-state index contributed by atoms with van der Waals surface area (Å²) >= 11 is 0. The van der Waals surface area contributed by atoms with Crippen molar-refractivity contribution in [2.45, 2.75) is 19.4 Å². The molecule has 2 unspecified atom stereocenters. The van der Waals surface area contributed by atoms with Gasteiger partial charge in [0.1, 0.15) is 5.75 Å². The fourth-order valence-corrected chi connectivity index (χ4v) is 2.98. The van der Waals surface area contributed by atoms with Crippen molar-refractivity contribution >= 4 is 11.8 Å². The van der Waals surface area contributed by atoms with E-state index < -0.39 is 0 Å². The highest BCUT2D eigenvalue weighted by atomic mass is 16.5. The van der Waals surface area contributed by atoms with Crippen molar-refractivity contribution in [1.29, 1.82) is 0 Å². The molecule has 4 heteroatoms. The number of hydrogen-bond acceptors (Lipinski definition) is 3. The van der Waals surface area contributed by atoms with E-state index in [2.05, 4.69) is 0 Å². The molecule has 3 rings (SSSR count). The first kappa shape index (κ1) is 12.9. The van der Waals surface area contributed by atoms with E-state index in [0.29, 0.717) is 19.4 Å². The van der Waals surface area contributed by atoms with E-state index in [4.69, 9.17) is 4.74 Å². The Bertz CT molecular complexity index is 553. The van der Waals surface area contributed by atoms with Crippen molar-refractivity contribution in [2.75, 3.05) is 7.11 Å². The van der Waals surface area contributed by atoms with E-state index in [1.165, 1.54) is 4.90 Å². The lowest BCUT2D eigenvalue weighted by Crippen LogP contribution is -2.30. The molecule has 2 aliphatic rings. The summed E-state index contributed by atoms with van der Waals surface area (Å²) in [4.78, 5) is 26.1. The second-order valence-corrected chi connectivity index (χ2v) is 5.27. The summed E-state index contributed by atoms with van der Waals surface area (Å²) in [6.45, 7) is 0.335. The summed E-state index contributed by atoms with van der Waals surface area (Å²) in [6, 6.07) is 7.48. The average molecular weight is 271 g/mol. The predicted molar refractivity (Wildman–Crippen MR) is 73.9 cm³/mol. The molecule has 1 heterocycles. The quantitative estimate of drug-likeness (QED) is 0.625. The number of carbonyl (C=O) groups excluding carboxylic acids is 2. The normalized spacial score (nSPS) is 24.9. The molecule has 104 valence electrons. The van der Waals surface area contributed by atoms with Crippen molar-refractivity contribution in [3.05, 3.63) is 42.0 Å². The van der Waals surface area contributed by atoms with Gasteiger partial charge in [0, 0.05) is 0 Å². The lowest BCUT2D eigenvalue weighted by atomic mass is 9.85. The number of ether oxygens (including phenoxy) is 1. The molecule has 1 aliphatic heterocycles. The minimum atomic E-state index is -0.155. The lowest BCUT2D eigenvalue weighted by Gasteiger charge is -2.15. The van der Waals surface area contributed by atoms with Crippen LogP contribution in [-0.2, 0) is 16.1 Å². The second-order valence-electron chi connectivity index (χ2n) is 5.27. The third-order valence-corrected chi connectivity index (χ3v) is 4.07. The fraction of sp³-hybridized carbons (Fsp3) is 0.375. The number of allylic oxidation sites excluding steroid dienone is 2. The molecule has 1 aliphatic carbocycles. The SMILES string of the molecule is COc1cccc(CN2C(=O)C3CC=CCC3C2=O)c1. The van der Waals surface area contributed by atoms with E-state index >= 15 is 0 Å². The average Bonchev–Trinajstić information content (AvgIpc) is 2.73. The summed E-state index contributed by atoms with van der Waals surface area (Å²) in [5.41, 5.74) is 0.914. The molecule has 0 aromatic heterocycles. The number of carbonyl (C=O) groups is 2. The maximum Gasteiger partial charge on any atom is 0.233 e. The van der Waals surface area contributed by atoms with Gasteiger partial charge in [0.15, 0.2) is 0 Å². The standard InChI is InChI=1S/C16H17NO3/c1-20-12-6-4-5-11(9-12)10-17-15(18)13-7-2-3-8-14(13)16(17)19/h2-6,9,13-14H,7-8,10H2,1H3. The van der Waals surface area contributed by atoms with Gasteiger partial charge in [-0.2, -0.15) is 0 Å². The number of methoxy groups -OCH3 is 1. The van der Waals surface area contributed by atoms with Gasteiger partial charge in [-0.15, -0.1) is 0 Å². The first-order valence-electron chi connectivity index (χ1n) is 6.84. The van der Waals surface area contributed by atoms with Crippen LogP contribution in [0, 0.1) is 11.8 Å². The maximum atomic E-state index is 12.3. The van der Waals surface area contributed by atoms with E-state index in [9.17, 15) is 9.59 Å². The third-order valence-electron chi connectivity index (χ3n) is 4.07. The fourth-order valence-electron chi connectivity index (χ4n) is 2.98. The summed E-state index contributed by atoms with van der Waals surface area (Å²) in [7, 11) is 1.60. The maximum absolute atomic E-state index is 12.3. The van der Waals surface area contributed by atoms with Crippen LogP contribution >= 0.6 is 0 Å². The van der Waals surface area contributed by atoms with E-state index in [0.717, 1.165) is 11.3 Å². The molecule has 1 aromatic rings. The van der Waals surface area contributed by atoms with Crippen LogP contribution in [0.3, 0.4) is 0 Å². The molecule has 1 fully saturated rings. The summed E-state index contributed by atoms with van der Waals surface area (Å²) in [5.74, 6) is 0.358. The molecule has 0 radical (unpaired) electrons. The number of nitrogens with zero attached hydrogens (tertiary/aromatic N) is 1. The topological polar surface area (TPSA) is 46.6 Å². The Morgan fingerprint density at radius 2 is 1.80 bits per heavy atom.